The highest BCUT2D eigenvalue weighted by Gasteiger charge is 2.26. The molecule has 0 bridgehead atoms. The Hall–Kier alpha value is -0.730. The van der Waals surface area contributed by atoms with Crippen LogP contribution >= 0.6 is 11.6 Å². The van der Waals surface area contributed by atoms with Crippen LogP contribution in [-0.2, 0) is 6.54 Å². The maximum absolute atomic E-state index is 6.20. The van der Waals surface area contributed by atoms with Gasteiger partial charge < -0.3 is 10.2 Å². The van der Waals surface area contributed by atoms with E-state index in [0.717, 1.165) is 31.2 Å². The van der Waals surface area contributed by atoms with Crippen molar-refractivity contribution in [2.75, 3.05) is 24.5 Å². The molecule has 0 saturated carbocycles. The summed E-state index contributed by atoms with van der Waals surface area (Å²) in [5.74, 6) is 0.670. The van der Waals surface area contributed by atoms with E-state index >= 15 is 0 Å². The maximum atomic E-state index is 6.20. The molecule has 0 aromatic heterocycles. The average Bonchev–Trinajstić information content (AvgIpc) is 2.39. The Morgan fingerprint density at radius 1 is 1.24 bits per heavy atom. The second kappa shape index (κ2) is 7.02. The summed E-state index contributed by atoms with van der Waals surface area (Å²) in [5.41, 5.74) is 3.16. The molecule has 21 heavy (non-hydrogen) atoms. The van der Waals surface area contributed by atoms with E-state index in [0.29, 0.717) is 11.3 Å². The van der Waals surface area contributed by atoms with Crippen LogP contribution < -0.4 is 10.2 Å². The third-order valence-corrected chi connectivity index (χ3v) is 4.60. The molecule has 2 rings (SSSR count). The average molecular weight is 309 g/mol. The first-order valence-electron chi connectivity index (χ1n) is 8.11. The predicted molar refractivity (Wildman–Crippen MR) is 93.2 cm³/mol. The molecule has 0 radical (unpaired) electrons. The van der Waals surface area contributed by atoms with E-state index < -0.39 is 0 Å². The normalized spacial score (nSPS) is 18.3. The fraction of sp³-hybridized carbons (Fsp3) is 0.667. The van der Waals surface area contributed by atoms with Gasteiger partial charge in [-0.15, -0.1) is 0 Å². The molecule has 1 fully saturated rings. The zero-order chi connectivity index (χ0) is 15.5. The lowest BCUT2D eigenvalue weighted by Gasteiger charge is -2.39. The highest BCUT2D eigenvalue weighted by molar-refractivity contribution is 6.30. The lowest BCUT2D eigenvalue weighted by atomic mass is 9.82. The molecule has 0 amide bonds. The molecule has 1 aliphatic heterocycles. The molecule has 0 spiro atoms. The summed E-state index contributed by atoms with van der Waals surface area (Å²) in [7, 11) is 0. The van der Waals surface area contributed by atoms with Crippen molar-refractivity contribution in [1.82, 2.24) is 5.32 Å². The quantitative estimate of drug-likeness (QED) is 0.847. The molecule has 1 N–H and O–H groups in total. The highest BCUT2D eigenvalue weighted by Crippen LogP contribution is 2.34. The van der Waals surface area contributed by atoms with Gasteiger partial charge in [-0.2, -0.15) is 0 Å². The Morgan fingerprint density at radius 2 is 1.90 bits per heavy atom. The second-order valence-corrected chi connectivity index (χ2v) is 7.89. The van der Waals surface area contributed by atoms with Gasteiger partial charge >= 0.3 is 0 Å². The number of halogens is 1. The third kappa shape index (κ3) is 4.89. The van der Waals surface area contributed by atoms with Crippen LogP contribution in [-0.4, -0.2) is 19.6 Å². The highest BCUT2D eigenvalue weighted by atomic mass is 35.5. The van der Waals surface area contributed by atoms with Gasteiger partial charge in [0.2, 0.25) is 0 Å². The van der Waals surface area contributed by atoms with E-state index in [1.54, 1.807) is 0 Å². The molecular formula is C18H29ClN2. The van der Waals surface area contributed by atoms with Gasteiger partial charge in [0, 0.05) is 30.3 Å². The fourth-order valence-electron chi connectivity index (χ4n) is 2.85. The van der Waals surface area contributed by atoms with E-state index in [1.165, 1.54) is 24.1 Å². The molecule has 1 aromatic carbocycles. The van der Waals surface area contributed by atoms with Gasteiger partial charge in [-0.05, 0) is 54.5 Å². The number of nitrogens with one attached hydrogen (secondary N) is 1. The van der Waals surface area contributed by atoms with Gasteiger partial charge in [-0.25, -0.2) is 0 Å². The van der Waals surface area contributed by atoms with E-state index in [9.17, 15) is 0 Å². The Labute approximate surface area is 134 Å². The van der Waals surface area contributed by atoms with Crippen molar-refractivity contribution in [3.8, 4) is 0 Å². The molecule has 1 saturated heterocycles. The molecule has 0 aliphatic carbocycles. The summed E-state index contributed by atoms with van der Waals surface area (Å²) in [6.07, 6.45) is 2.52. The van der Waals surface area contributed by atoms with Crippen LogP contribution in [0.25, 0.3) is 0 Å². The Kier molecular flexibility index (Phi) is 5.56. The zero-order valence-electron chi connectivity index (χ0n) is 13.9. The van der Waals surface area contributed by atoms with Gasteiger partial charge in [-0.1, -0.05) is 39.3 Å². The number of piperidine rings is 1. The van der Waals surface area contributed by atoms with Gasteiger partial charge in [0.25, 0.3) is 0 Å². The van der Waals surface area contributed by atoms with Crippen LogP contribution in [0.2, 0.25) is 5.02 Å². The minimum Gasteiger partial charge on any atom is -0.371 e. The van der Waals surface area contributed by atoms with Crippen molar-refractivity contribution >= 4 is 17.3 Å². The fourth-order valence-corrected chi connectivity index (χ4v) is 3.05. The molecule has 1 aliphatic rings. The summed E-state index contributed by atoms with van der Waals surface area (Å²) >= 11 is 6.20. The van der Waals surface area contributed by atoms with Crippen LogP contribution in [0.3, 0.4) is 0 Å². The molecule has 1 aromatic rings. The van der Waals surface area contributed by atoms with E-state index in [4.69, 9.17) is 11.6 Å². The second-order valence-electron chi connectivity index (χ2n) is 7.45. The van der Waals surface area contributed by atoms with Crippen molar-refractivity contribution in [3.63, 3.8) is 0 Å². The Morgan fingerprint density at radius 3 is 2.52 bits per heavy atom. The van der Waals surface area contributed by atoms with Crippen molar-refractivity contribution in [1.29, 1.82) is 0 Å². The van der Waals surface area contributed by atoms with Crippen molar-refractivity contribution in [2.24, 2.45) is 11.3 Å². The minimum atomic E-state index is 0.485. The van der Waals surface area contributed by atoms with Crippen LogP contribution in [0, 0.1) is 11.3 Å². The zero-order valence-corrected chi connectivity index (χ0v) is 14.6. The number of hydrogen-bond donors (Lipinski definition) is 1. The maximum Gasteiger partial charge on any atom is 0.0412 e. The summed E-state index contributed by atoms with van der Waals surface area (Å²) in [5, 5.41) is 4.37. The number of benzene rings is 1. The summed E-state index contributed by atoms with van der Waals surface area (Å²) in [6.45, 7) is 13.4. The van der Waals surface area contributed by atoms with Gasteiger partial charge in [0.15, 0.2) is 0 Å². The predicted octanol–water partition coefficient (Wildman–Crippen LogP) is 4.71. The minimum absolute atomic E-state index is 0.485. The Bertz CT molecular complexity index is 458. The third-order valence-electron chi connectivity index (χ3n) is 4.37. The molecule has 1 heterocycles. The number of hydrogen-bond acceptors (Lipinski definition) is 2. The number of anilines is 1. The lowest BCUT2D eigenvalue weighted by molar-refractivity contribution is 0.279. The van der Waals surface area contributed by atoms with Crippen LogP contribution in [0.15, 0.2) is 18.2 Å². The molecule has 118 valence electrons. The SMILES string of the molecule is CC(C)CNCc1cc(Cl)ccc1N1CCC(C)(C)CC1. The standard InChI is InChI=1S/C18H29ClN2/c1-14(2)12-20-13-15-11-16(19)5-6-17(15)21-9-7-18(3,4)8-10-21/h5-6,11,14,20H,7-10,12-13H2,1-4H3. The number of nitrogens with zero attached hydrogens (tertiary/aromatic N) is 1. The lowest BCUT2D eigenvalue weighted by Crippen LogP contribution is -2.38. The topological polar surface area (TPSA) is 15.3 Å². The monoisotopic (exact) mass is 308 g/mol. The molecule has 0 unspecified atom stereocenters. The largest absolute Gasteiger partial charge is 0.371 e. The molecule has 0 atom stereocenters. The molecule has 2 nitrogen and oxygen atoms in total. The van der Waals surface area contributed by atoms with E-state index in [1.807, 2.05) is 6.07 Å². The summed E-state index contributed by atoms with van der Waals surface area (Å²) < 4.78 is 0. The first-order valence-corrected chi connectivity index (χ1v) is 8.49. The summed E-state index contributed by atoms with van der Waals surface area (Å²) in [4.78, 5) is 2.52. The van der Waals surface area contributed by atoms with Gasteiger partial charge in [-0.3, -0.25) is 0 Å². The van der Waals surface area contributed by atoms with Crippen molar-refractivity contribution in [2.45, 2.75) is 47.1 Å². The molecule has 3 heteroatoms. The van der Waals surface area contributed by atoms with Gasteiger partial charge in [0.05, 0.1) is 0 Å². The van der Waals surface area contributed by atoms with E-state index in [-0.39, 0.29) is 0 Å². The first kappa shape index (κ1) is 16.6. The van der Waals surface area contributed by atoms with Crippen LogP contribution in [0.5, 0.6) is 0 Å². The van der Waals surface area contributed by atoms with E-state index in [2.05, 4.69) is 50.0 Å². The smallest absolute Gasteiger partial charge is 0.0412 e. The molecular weight excluding hydrogens is 280 g/mol. The van der Waals surface area contributed by atoms with Crippen LogP contribution in [0.1, 0.15) is 46.1 Å². The van der Waals surface area contributed by atoms with Crippen molar-refractivity contribution in [3.05, 3.63) is 28.8 Å². The van der Waals surface area contributed by atoms with Crippen LogP contribution in [0.4, 0.5) is 5.69 Å². The first-order chi connectivity index (χ1) is 9.87. The van der Waals surface area contributed by atoms with Gasteiger partial charge in [0.1, 0.15) is 0 Å². The number of rotatable bonds is 5. The Balaban J connectivity index is 2.08. The summed E-state index contributed by atoms with van der Waals surface area (Å²) in [6, 6.07) is 6.32. The van der Waals surface area contributed by atoms with Crippen molar-refractivity contribution < 1.29 is 0 Å².